The van der Waals surface area contributed by atoms with Gasteiger partial charge in [0.25, 0.3) is 0 Å². The van der Waals surface area contributed by atoms with Crippen molar-refractivity contribution in [3.63, 3.8) is 0 Å². The standard InChI is InChI=1S/C8H15N3O3/c1-5(12)10-7-3-11(2-6(7)9)4-8(13)14/h6-7H,2-4,9H2,1H3,(H,10,12)(H,13,14)/t6-,7-/m1/s1. The van der Waals surface area contributed by atoms with Crippen LogP contribution < -0.4 is 11.1 Å². The molecule has 1 rings (SSSR count). The van der Waals surface area contributed by atoms with Crippen LogP contribution in [0.15, 0.2) is 0 Å². The molecule has 0 unspecified atom stereocenters. The molecule has 0 aromatic rings. The lowest BCUT2D eigenvalue weighted by Gasteiger charge is -2.14. The van der Waals surface area contributed by atoms with Gasteiger partial charge in [0.2, 0.25) is 5.91 Å². The Hall–Kier alpha value is -1.14. The van der Waals surface area contributed by atoms with Crippen molar-refractivity contribution in [3.05, 3.63) is 0 Å². The zero-order valence-electron chi connectivity index (χ0n) is 8.06. The number of carboxylic acid groups (broad SMARTS) is 1. The van der Waals surface area contributed by atoms with Gasteiger partial charge < -0.3 is 16.2 Å². The van der Waals surface area contributed by atoms with E-state index in [9.17, 15) is 9.59 Å². The molecule has 0 aliphatic carbocycles. The highest BCUT2D eigenvalue weighted by Gasteiger charge is 2.31. The monoisotopic (exact) mass is 201 g/mol. The van der Waals surface area contributed by atoms with Gasteiger partial charge >= 0.3 is 5.97 Å². The Labute approximate surface area is 82.1 Å². The quantitative estimate of drug-likeness (QED) is 0.501. The summed E-state index contributed by atoms with van der Waals surface area (Å²) < 4.78 is 0. The van der Waals surface area contributed by atoms with Crippen molar-refractivity contribution >= 4 is 11.9 Å². The predicted molar refractivity (Wildman–Crippen MR) is 49.7 cm³/mol. The number of likely N-dealkylation sites (tertiary alicyclic amines) is 1. The molecule has 0 aromatic heterocycles. The average molecular weight is 201 g/mol. The summed E-state index contributed by atoms with van der Waals surface area (Å²) in [6, 6.07) is -0.315. The van der Waals surface area contributed by atoms with Crippen LogP contribution in [0.1, 0.15) is 6.92 Å². The van der Waals surface area contributed by atoms with E-state index in [1.165, 1.54) is 6.92 Å². The Morgan fingerprint density at radius 3 is 2.71 bits per heavy atom. The highest BCUT2D eigenvalue weighted by molar-refractivity contribution is 5.73. The van der Waals surface area contributed by atoms with Crippen LogP contribution in [-0.2, 0) is 9.59 Å². The summed E-state index contributed by atoms with van der Waals surface area (Å²) in [7, 11) is 0. The number of rotatable bonds is 3. The normalized spacial score (nSPS) is 27.6. The third-order valence-corrected chi connectivity index (χ3v) is 2.19. The van der Waals surface area contributed by atoms with Gasteiger partial charge in [-0.3, -0.25) is 14.5 Å². The second-order valence-electron chi connectivity index (χ2n) is 3.56. The number of amides is 1. The molecule has 6 heteroatoms. The van der Waals surface area contributed by atoms with Crippen molar-refractivity contribution in [2.75, 3.05) is 19.6 Å². The molecule has 1 aliphatic heterocycles. The second kappa shape index (κ2) is 4.39. The van der Waals surface area contributed by atoms with Crippen molar-refractivity contribution in [1.29, 1.82) is 0 Å². The van der Waals surface area contributed by atoms with Crippen LogP contribution in [0.4, 0.5) is 0 Å². The minimum Gasteiger partial charge on any atom is -0.480 e. The zero-order valence-corrected chi connectivity index (χ0v) is 8.06. The zero-order chi connectivity index (χ0) is 10.7. The Balaban J connectivity index is 2.42. The van der Waals surface area contributed by atoms with E-state index in [4.69, 9.17) is 10.8 Å². The SMILES string of the molecule is CC(=O)N[C@@H]1CN(CC(=O)O)C[C@H]1N. The van der Waals surface area contributed by atoms with Crippen LogP contribution >= 0.6 is 0 Å². The molecule has 0 aromatic carbocycles. The molecule has 1 amide bonds. The topological polar surface area (TPSA) is 95.7 Å². The Kier molecular flexibility index (Phi) is 3.43. The van der Waals surface area contributed by atoms with E-state index in [-0.39, 0.29) is 24.5 Å². The molecule has 0 spiro atoms. The van der Waals surface area contributed by atoms with Crippen molar-refractivity contribution in [2.45, 2.75) is 19.0 Å². The average Bonchev–Trinajstić information content (AvgIpc) is 2.28. The van der Waals surface area contributed by atoms with E-state index < -0.39 is 5.97 Å². The third kappa shape index (κ3) is 2.97. The van der Waals surface area contributed by atoms with Gasteiger partial charge in [-0.1, -0.05) is 0 Å². The summed E-state index contributed by atoms with van der Waals surface area (Å²) in [4.78, 5) is 22.9. The predicted octanol–water partition coefficient (Wildman–Crippen LogP) is -1.78. The van der Waals surface area contributed by atoms with Gasteiger partial charge in [0.15, 0.2) is 0 Å². The molecule has 1 aliphatic rings. The van der Waals surface area contributed by atoms with Gasteiger partial charge in [-0.15, -0.1) is 0 Å². The summed E-state index contributed by atoms with van der Waals surface area (Å²) in [5.74, 6) is -1.01. The van der Waals surface area contributed by atoms with Gasteiger partial charge in [0, 0.05) is 26.1 Å². The van der Waals surface area contributed by atoms with Gasteiger partial charge in [-0.2, -0.15) is 0 Å². The fourth-order valence-electron chi connectivity index (χ4n) is 1.65. The first-order valence-electron chi connectivity index (χ1n) is 4.46. The number of hydrogen-bond acceptors (Lipinski definition) is 4. The molecule has 0 saturated carbocycles. The molecule has 14 heavy (non-hydrogen) atoms. The molecule has 6 nitrogen and oxygen atoms in total. The maximum absolute atomic E-state index is 10.8. The largest absolute Gasteiger partial charge is 0.480 e. The van der Waals surface area contributed by atoms with Crippen LogP contribution in [0.2, 0.25) is 0 Å². The molecule has 1 fully saturated rings. The summed E-state index contributed by atoms with van der Waals surface area (Å²) in [6.45, 7) is 2.42. The summed E-state index contributed by atoms with van der Waals surface area (Å²) in [5, 5.41) is 11.3. The number of carbonyl (C=O) groups is 2. The van der Waals surface area contributed by atoms with Crippen LogP contribution in [-0.4, -0.2) is 53.6 Å². The Bertz CT molecular complexity index is 244. The Morgan fingerprint density at radius 2 is 2.21 bits per heavy atom. The summed E-state index contributed by atoms with van der Waals surface area (Å²) >= 11 is 0. The minimum atomic E-state index is -0.874. The van der Waals surface area contributed by atoms with Crippen molar-refractivity contribution < 1.29 is 14.7 Å². The first-order valence-corrected chi connectivity index (χ1v) is 4.46. The molecular formula is C8H15N3O3. The lowest BCUT2D eigenvalue weighted by molar-refractivity contribution is -0.138. The molecule has 0 bridgehead atoms. The van der Waals surface area contributed by atoms with Crippen LogP contribution in [0.25, 0.3) is 0 Å². The van der Waals surface area contributed by atoms with Crippen LogP contribution in [0.3, 0.4) is 0 Å². The van der Waals surface area contributed by atoms with Crippen LogP contribution in [0.5, 0.6) is 0 Å². The van der Waals surface area contributed by atoms with Crippen molar-refractivity contribution in [1.82, 2.24) is 10.2 Å². The molecule has 4 N–H and O–H groups in total. The van der Waals surface area contributed by atoms with Gasteiger partial charge in [0.05, 0.1) is 12.6 Å². The second-order valence-corrected chi connectivity index (χ2v) is 3.56. The van der Waals surface area contributed by atoms with E-state index in [1.807, 2.05) is 0 Å². The molecular weight excluding hydrogens is 186 g/mol. The fourth-order valence-corrected chi connectivity index (χ4v) is 1.65. The van der Waals surface area contributed by atoms with E-state index in [1.54, 1.807) is 4.90 Å². The summed E-state index contributed by atoms with van der Waals surface area (Å²) in [5.41, 5.74) is 5.74. The fraction of sp³-hybridized carbons (Fsp3) is 0.750. The Morgan fingerprint density at radius 1 is 1.57 bits per heavy atom. The maximum Gasteiger partial charge on any atom is 0.317 e. The highest BCUT2D eigenvalue weighted by Crippen LogP contribution is 2.07. The number of nitrogens with zero attached hydrogens (tertiary/aromatic N) is 1. The first kappa shape index (κ1) is 10.9. The number of hydrogen-bond donors (Lipinski definition) is 3. The molecule has 1 heterocycles. The van der Waals surface area contributed by atoms with Gasteiger partial charge in [-0.05, 0) is 0 Å². The lowest BCUT2D eigenvalue weighted by atomic mass is 10.2. The number of carbonyl (C=O) groups excluding carboxylic acids is 1. The number of carboxylic acids is 1. The van der Waals surface area contributed by atoms with E-state index in [0.717, 1.165) is 0 Å². The molecule has 1 saturated heterocycles. The molecule has 80 valence electrons. The maximum atomic E-state index is 10.8. The van der Waals surface area contributed by atoms with E-state index in [2.05, 4.69) is 5.32 Å². The number of nitrogens with one attached hydrogen (secondary N) is 1. The summed E-state index contributed by atoms with van der Waals surface area (Å²) in [6.07, 6.45) is 0. The lowest BCUT2D eigenvalue weighted by Crippen LogP contribution is -2.45. The van der Waals surface area contributed by atoms with Gasteiger partial charge in [-0.25, -0.2) is 0 Å². The minimum absolute atomic E-state index is 0.0240. The molecule has 2 atom stereocenters. The van der Waals surface area contributed by atoms with E-state index >= 15 is 0 Å². The first-order chi connectivity index (χ1) is 6.49. The third-order valence-electron chi connectivity index (χ3n) is 2.19. The van der Waals surface area contributed by atoms with Crippen molar-refractivity contribution in [2.24, 2.45) is 5.73 Å². The highest BCUT2D eigenvalue weighted by atomic mass is 16.4. The number of aliphatic carboxylic acids is 1. The van der Waals surface area contributed by atoms with Crippen LogP contribution in [0, 0.1) is 0 Å². The van der Waals surface area contributed by atoms with Gasteiger partial charge in [0.1, 0.15) is 0 Å². The molecule has 0 radical (unpaired) electrons. The number of nitrogens with two attached hydrogens (primary N) is 1. The van der Waals surface area contributed by atoms with E-state index in [0.29, 0.717) is 13.1 Å². The smallest absolute Gasteiger partial charge is 0.317 e. The van der Waals surface area contributed by atoms with Crippen molar-refractivity contribution in [3.8, 4) is 0 Å².